The van der Waals surface area contributed by atoms with Gasteiger partial charge in [-0.15, -0.1) is 6.58 Å². The van der Waals surface area contributed by atoms with Crippen molar-refractivity contribution < 1.29 is 24.1 Å². The van der Waals surface area contributed by atoms with Gasteiger partial charge in [-0.25, -0.2) is 0 Å². The summed E-state index contributed by atoms with van der Waals surface area (Å²) in [6, 6.07) is 29.8. The van der Waals surface area contributed by atoms with Crippen LogP contribution in [-0.4, -0.2) is 46.1 Å². The average Bonchev–Trinajstić information content (AvgIpc) is 2.96. The van der Waals surface area contributed by atoms with E-state index in [9.17, 15) is 5.11 Å². The van der Waals surface area contributed by atoms with E-state index in [-0.39, 0.29) is 13.0 Å². The summed E-state index contributed by atoms with van der Waals surface area (Å²) >= 11 is 13.5. The second kappa shape index (κ2) is 12.5. The van der Waals surface area contributed by atoms with E-state index in [1.54, 1.807) is 6.08 Å². The quantitative estimate of drug-likeness (QED) is 0.206. The van der Waals surface area contributed by atoms with Crippen molar-refractivity contribution in [3.8, 4) is 0 Å². The van der Waals surface area contributed by atoms with Crippen LogP contribution in [0.3, 0.4) is 0 Å². The Morgan fingerprint density at radius 3 is 1.77 bits per heavy atom. The standard InChI is InChI=1S/C32H34Cl2O5/c1-2-18-31(35)27-29(38-21-25-16-10-5-11-17-25)28(37-20-24-14-8-4-9-15-24)26(39-30(27)32(31,33)34)22-36-19-23-12-6-3-7-13-23/h2-17,26-30,35H,1,18-22H2/t26-,27-,28-,29-,30+,31?/m1/s1. The highest BCUT2D eigenvalue weighted by molar-refractivity contribution is 6.50. The molecule has 1 unspecified atom stereocenters. The molecule has 1 saturated carbocycles. The van der Waals surface area contributed by atoms with Gasteiger partial charge in [0.2, 0.25) is 0 Å². The Morgan fingerprint density at radius 1 is 0.769 bits per heavy atom. The number of ether oxygens (including phenoxy) is 4. The van der Waals surface area contributed by atoms with Crippen molar-refractivity contribution in [1.82, 2.24) is 0 Å². The monoisotopic (exact) mass is 568 g/mol. The van der Waals surface area contributed by atoms with Crippen LogP contribution in [0.25, 0.3) is 0 Å². The van der Waals surface area contributed by atoms with Gasteiger partial charge in [-0.1, -0.05) is 120 Å². The van der Waals surface area contributed by atoms with Crippen molar-refractivity contribution in [2.24, 2.45) is 5.92 Å². The molecule has 7 heteroatoms. The van der Waals surface area contributed by atoms with E-state index in [4.69, 9.17) is 42.1 Å². The molecule has 1 saturated heterocycles. The van der Waals surface area contributed by atoms with Gasteiger partial charge < -0.3 is 24.1 Å². The maximum Gasteiger partial charge on any atom is 0.173 e. The minimum Gasteiger partial charge on any atom is -0.386 e. The molecule has 1 N–H and O–H groups in total. The summed E-state index contributed by atoms with van der Waals surface area (Å²) in [7, 11) is 0. The van der Waals surface area contributed by atoms with Crippen LogP contribution in [0, 0.1) is 5.92 Å². The third kappa shape index (κ3) is 5.96. The smallest absolute Gasteiger partial charge is 0.173 e. The number of aliphatic hydroxyl groups is 1. The Labute approximate surface area is 240 Å². The van der Waals surface area contributed by atoms with Crippen molar-refractivity contribution >= 4 is 23.2 Å². The van der Waals surface area contributed by atoms with Crippen LogP contribution in [0.1, 0.15) is 23.1 Å². The Bertz CT molecular complexity index is 1190. The summed E-state index contributed by atoms with van der Waals surface area (Å²) < 4.78 is 24.1. The highest BCUT2D eigenvalue weighted by atomic mass is 35.5. The fourth-order valence-corrected chi connectivity index (χ4v) is 6.35. The lowest BCUT2D eigenvalue weighted by Crippen LogP contribution is -2.81. The molecule has 1 heterocycles. The Balaban J connectivity index is 1.42. The predicted molar refractivity (Wildman–Crippen MR) is 152 cm³/mol. The molecular formula is C32H34Cl2O5. The molecule has 3 aromatic carbocycles. The number of halogens is 2. The highest BCUT2D eigenvalue weighted by Gasteiger charge is 2.76. The molecule has 5 rings (SSSR count). The first kappa shape index (κ1) is 28.3. The normalized spacial score (nSPS) is 29.3. The first-order valence-corrected chi connectivity index (χ1v) is 14.0. The van der Waals surface area contributed by atoms with Crippen LogP contribution in [-0.2, 0) is 38.8 Å². The van der Waals surface area contributed by atoms with E-state index < -0.39 is 40.3 Å². The maximum atomic E-state index is 11.7. The van der Waals surface area contributed by atoms with Crippen molar-refractivity contribution in [3.05, 3.63) is 120 Å². The lowest BCUT2D eigenvalue weighted by atomic mass is 9.59. The first-order valence-electron chi connectivity index (χ1n) is 13.2. The van der Waals surface area contributed by atoms with Gasteiger partial charge in [0.05, 0.1) is 32.5 Å². The molecular weight excluding hydrogens is 535 g/mol. The number of rotatable bonds is 12. The van der Waals surface area contributed by atoms with Gasteiger partial charge in [0.1, 0.15) is 23.9 Å². The van der Waals surface area contributed by atoms with Gasteiger partial charge in [0, 0.05) is 5.92 Å². The van der Waals surface area contributed by atoms with Crippen LogP contribution in [0.5, 0.6) is 0 Å². The Hall–Kier alpha value is -2.22. The van der Waals surface area contributed by atoms with E-state index in [1.165, 1.54) is 0 Å². The molecule has 0 radical (unpaired) electrons. The number of benzene rings is 3. The van der Waals surface area contributed by atoms with Crippen LogP contribution in [0.2, 0.25) is 0 Å². The summed E-state index contributed by atoms with van der Waals surface area (Å²) in [5.41, 5.74) is 1.59. The average molecular weight is 570 g/mol. The van der Waals surface area contributed by atoms with E-state index >= 15 is 0 Å². The summed E-state index contributed by atoms with van der Waals surface area (Å²) in [6.07, 6.45) is -0.492. The van der Waals surface area contributed by atoms with Crippen molar-refractivity contribution in [1.29, 1.82) is 0 Å². The van der Waals surface area contributed by atoms with Crippen molar-refractivity contribution in [2.45, 2.75) is 60.6 Å². The molecule has 0 amide bonds. The fourth-order valence-electron chi connectivity index (χ4n) is 5.57. The van der Waals surface area contributed by atoms with Gasteiger partial charge >= 0.3 is 0 Å². The summed E-state index contributed by atoms with van der Waals surface area (Å²) in [6.45, 7) is 5.16. The predicted octanol–water partition coefficient (Wildman–Crippen LogP) is 6.25. The van der Waals surface area contributed by atoms with Gasteiger partial charge in [0.25, 0.3) is 0 Å². The molecule has 0 bridgehead atoms. The molecule has 6 atom stereocenters. The number of hydrogen-bond donors (Lipinski definition) is 1. The zero-order valence-electron chi connectivity index (χ0n) is 21.7. The lowest BCUT2D eigenvalue weighted by Gasteiger charge is -2.65. The molecule has 206 valence electrons. The minimum absolute atomic E-state index is 0.191. The molecule has 39 heavy (non-hydrogen) atoms. The van der Waals surface area contributed by atoms with E-state index in [0.717, 1.165) is 16.7 Å². The third-order valence-electron chi connectivity index (χ3n) is 7.60. The number of hydrogen-bond acceptors (Lipinski definition) is 5. The Morgan fingerprint density at radius 2 is 1.26 bits per heavy atom. The van der Waals surface area contributed by atoms with E-state index in [2.05, 4.69) is 6.58 Å². The molecule has 3 aromatic rings. The van der Waals surface area contributed by atoms with E-state index in [0.29, 0.717) is 19.8 Å². The first-order chi connectivity index (χ1) is 18.9. The van der Waals surface area contributed by atoms with Crippen LogP contribution in [0.15, 0.2) is 104 Å². The minimum atomic E-state index is -1.54. The summed E-state index contributed by atoms with van der Waals surface area (Å²) in [5.74, 6) is -0.527. The summed E-state index contributed by atoms with van der Waals surface area (Å²) in [4.78, 5) is 0. The van der Waals surface area contributed by atoms with Gasteiger partial charge in [-0.3, -0.25) is 0 Å². The molecule has 1 aliphatic heterocycles. The van der Waals surface area contributed by atoms with Crippen LogP contribution >= 0.6 is 23.2 Å². The van der Waals surface area contributed by atoms with Crippen molar-refractivity contribution in [2.75, 3.05) is 6.61 Å². The van der Waals surface area contributed by atoms with Gasteiger partial charge in [0.15, 0.2) is 4.33 Å². The largest absolute Gasteiger partial charge is 0.386 e. The van der Waals surface area contributed by atoms with Gasteiger partial charge in [-0.2, -0.15) is 0 Å². The second-order valence-corrected chi connectivity index (χ2v) is 11.6. The number of fused-ring (bicyclic) bond motifs is 1. The molecule has 0 spiro atoms. The van der Waals surface area contributed by atoms with Crippen molar-refractivity contribution in [3.63, 3.8) is 0 Å². The molecule has 1 aliphatic carbocycles. The van der Waals surface area contributed by atoms with E-state index in [1.807, 2.05) is 91.0 Å². The van der Waals surface area contributed by atoms with Crippen LogP contribution < -0.4 is 0 Å². The SMILES string of the molecule is C=CCC1(O)[C@@H]2[C@@H](OCc3ccccc3)[C@H](OCc3ccccc3)[C@@H](COCc3ccccc3)O[C@@H]2C1(Cl)Cl. The summed E-state index contributed by atoms with van der Waals surface area (Å²) in [5, 5.41) is 11.7. The zero-order valence-corrected chi connectivity index (χ0v) is 23.2. The highest BCUT2D eigenvalue weighted by Crippen LogP contribution is 2.62. The zero-order chi connectivity index (χ0) is 27.3. The van der Waals surface area contributed by atoms with Crippen LogP contribution in [0.4, 0.5) is 0 Å². The third-order valence-corrected chi connectivity index (χ3v) is 8.68. The second-order valence-electron chi connectivity index (χ2n) is 10.2. The maximum absolute atomic E-state index is 11.7. The molecule has 2 aliphatic rings. The topological polar surface area (TPSA) is 57.2 Å². The molecule has 0 aromatic heterocycles. The fraction of sp³-hybridized carbons (Fsp3) is 0.375. The molecule has 2 fully saturated rings. The molecule has 5 nitrogen and oxygen atoms in total. The number of alkyl halides is 2. The lowest BCUT2D eigenvalue weighted by molar-refractivity contribution is -0.327. The Kier molecular flexibility index (Phi) is 9.09. The van der Waals surface area contributed by atoms with Gasteiger partial charge in [-0.05, 0) is 23.1 Å².